The van der Waals surface area contributed by atoms with Crippen LogP contribution in [0.1, 0.15) is 22.3 Å². The summed E-state index contributed by atoms with van der Waals surface area (Å²) in [7, 11) is 0. The largest absolute Gasteiger partial charge is 0.310 e. The van der Waals surface area contributed by atoms with E-state index in [1.54, 1.807) is 0 Å². The lowest BCUT2D eigenvalue weighted by Gasteiger charge is -2.45. The van der Waals surface area contributed by atoms with Crippen LogP contribution in [-0.2, 0) is 5.41 Å². The van der Waals surface area contributed by atoms with Crippen molar-refractivity contribution in [2.24, 2.45) is 0 Å². The van der Waals surface area contributed by atoms with Crippen molar-refractivity contribution in [3.8, 4) is 33.4 Å². The molecule has 2 aliphatic rings. The number of hydrogen-bond acceptors (Lipinski definition) is 2. The number of rotatable bonds is 6. The number of benzene rings is 10. The Morgan fingerprint density at radius 2 is 0.836 bits per heavy atom. The van der Waals surface area contributed by atoms with Crippen LogP contribution in [0.15, 0.2) is 243 Å². The van der Waals surface area contributed by atoms with Gasteiger partial charge < -0.3 is 9.80 Å². The van der Waals surface area contributed by atoms with Gasteiger partial charge in [-0.1, -0.05) is 194 Å². The Balaban J connectivity index is 1.16. The highest BCUT2D eigenvalue weighted by Crippen LogP contribution is 2.65. The maximum absolute atomic E-state index is 2.54. The van der Waals surface area contributed by atoms with Crippen molar-refractivity contribution in [2.45, 2.75) is 5.41 Å². The molecule has 0 saturated carbocycles. The second-order valence-electron chi connectivity index (χ2n) is 16.0. The van der Waals surface area contributed by atoms with E-state index in [1.807, 2.05) is 0 Å². The van der Waals surface area contributed by atoms with Gasteiger partial charge in [0.1, 0.15) is 0 Å². The molecule has 1 aliphatic carbocycles. The van der Waals surface area contributed by atoms with Gasteiger partial charge in [0.2, 0.25) is 0 Å². The van der Waals surface area contributed by atoms with Crippen LogP contribution in [0.5, 0.6) is 0 Å². The monoisotopic (exact) mass is 776 g/mol. The molecule has 0 atom stereocenters. The van der Waals surface area contributed by atoms with Crippen molar-refractivity contribution < 1.29 is 0 Å². The topological polar surface area (TPSA) is 6.48 Å². The average Bonchev–Trinajstić information content (AvgIpc) is 3.64. The number of nitrogens with zero attached hydrogens (tertiary/aromatic N) is 2. The normalized spacial score (nSPS) is 13.0. The third kappa shape index (κ3) is 5.29. The van der Waals surface area contributed by atoms with Crippen LogP contribution < -0.4 is 9.80 Å². The van der Waals surface area contributed by atoms with Crippen LogP contribution in [0.25, 0.3) is 44.2 Å². The van der Waals surface area contributed by atoms with Crippen LogP contribution in [-0.4, -0.2) is 0 Å². The summed E-state index contributed by atoms with van der Waals surface area (Å²) in [6.45, 7) is 0. The van der Waals surface area contributed by atoms with Gasteiger partial charge in [-0.15, -0.1) is 0 Å². The minimum Gasteiger partial charge on any atom is -0.310 e. The molecule has 2 nitrogen and oxygen atoms in total. The van der Waals surface area contributed by atoms with Crippen molar-refractivity contribution >= 4 is 44.9 Å². The molecule has 286 valence electrons. The summed E-state index contributed by atoms with van der Waals surface area (Å²) in [6, 6.07) is 89.2. The van der Waals surface area contributed by atoms with Gasteiger partial charge in [0.05, 0.1) is 33.9 Å². The lowest BCUT2D eigenvalue weighted by Crippen LogP contribution is -2.36. The Bertz CT molecular complexity index is 3220. The summed E-state index contributed by atoms with van der Waals surface area (Å²) in [6.07, 6.45) is 0. The Kier molecular flexibility index (Phi) is 8.11. The van der Waals surface area contributed by atoms with Crippen molar-refractivity contribution in [3.05, 3.63) is 265 Å². The molecule has 12 rings (SSSR count). The van der Waals surface area contributed by atoms with E-state index in [2.05, 4.69) is 252 Å². The van der Waals surface area contributed by atoms with Crippen molar-refractivity contribution in [3.63, 3.8) is 0 Å². The third-order valence-electron chi connectivity index (χ3n) is 12.8. The molecular formula is C59H40N2. The minimum atomic E-state index is -0.575. The van der Waals surface area contributed by atoms with Crippen LogP contribution in [0, 0.1) is 0 Å². The lowest BCUT2D eigenvalue weighted by atomic mass is 9.64. The molecular weight excluding hydrogens is 737 g/mol. The van der Waals surface area contributed by atoms with E-state index in [1.165, 1.54) is 77.8 Å². The number of anilines is 6. The van der Waals surface area contributed by atoms with Crippen molar-refractivity contribution in [1.82, 2.24) is 0 Å². The van der Waals surface area contributed by atoms with Gasteiger partial charge in [-0.2, -0.15) is 0 Å². The highest BCUT2D eigenvalue weighted by Gasteiger charge is 2.52. The second kappa shape index (κ2) is 14.1. The first-order valence-electron chi connectivity index (χ1n) is 21.1. The number of hydrogen-bond donors (Lipinski definition) is 0. The Hall–Kier alpha value is -7.94. The smallest absolute Gasteiger partial charge is 0.0755 e. The molecule has 0 aromatic heterocycles. The summed E-state index contributed by atoms with van der Waals surface area (Å²) >= 11 is 0. The van der Waals surface area contributed by atoms with Crippen molar-refractivity contribution in [2.75, 3.05) is 9.80 Å². The van der Waals surface area contributed by atoms with E-state index in [9.17, 15) is 0 Å². The molecule has 61 heavy (non-hydrogen) atoms. The average molecular weight is 777 g/mol. The molecule has 0 amide bonds. The van der Waals surface area contributed by atoms with Gasteiger partial charge in [0.15, 0.2) is 0 Å². The predicted molar refractivity (Wildman–Crippen MR) is 255 cm³/mol. The fourth-order valence-electron chi connectivity index (χ4n) is 10.4. The van der Waals surface area contributed by atoms with Crippen molar-refractivity contribution in [1.29, 1.82) is 0 Å². The zero-order valence-corrected chi connectivity index (χ0v) is 33.5. The highest BCUT2D eigenvalue weighted by atomic mass is 15.2. The van der Waals surface area contributed by atoms with Gasteiger partial charge in [-0.3, -0.25) is 0 Å². The maximum atomic E-state index is 2.54. The van der Waals surface area contributed by atoms with E-state index < -0.39 is 5.41 Å². The van der Waals surface area contributed by atoms with Crippen LogP contribution in [0.3, 0.4) is 0 Å². The minimum absolute atomic E-state index is 0.575. The summed E-state index contributed by atoms with van der Waals surface area (Å²) < 4.78 is 0. The molecule has 0 saturated heterocycles. The lowest BCUT2D eigenvalue weighted by molar-refractivity contribution is 0.752. The molecule has 10 aromatic rings. The van der Waals surface area contributed by atoms with Crippen LogP contribution >= 0.6 is 0 Å². The van der Waals surface area contributed by atoms with E-state index >= 15 is 0 Å². The standard InChI is InChI=1S/C59H40N2/c1-3-20-41(21-4-1)43-24-17-25-44(40-43)47-29-10-14-35-53(47)61(54-38-18-23-42-22-7-8-28-46(42)54)57-39-19-34-52-58(57)48-30-9-11-31-49(48)59(52)50-32-12-15-36-55(50)60(45-26-5-2-6-27-45)56-37-16-13-33-51(56)59/h1-40H. The van der Waals surface area contributed by atoms with Gasteiger partial charge in [-0.25, -0.2) is 0 Å². The molecule has 0 bridgehead atoms. The van der Waals surface area contributed by atoms with E-state index in [4.69, 9.17) is 0 Å². The van der Waals surface area contributed by atoms with Gasteiger partial charge in [0, 0.05) is 22.2 Å². The molecule has 1 aliphatic heterocycles. The highest BCUT2D eigenvalue weighted by molar-refractivity contribution is 6.06. The van der Waals surface area contributed by atoms with Gasteiger partial charge in [-0.05, 0) is 98.4 Å². The Morgan fingerprint density at radius 3 is 1.62 bits per heavy atom. The summed E-state index contributed by atoms with van der Waals surface area (Å²) in [5.74, 6) is 0. The first kappa shape index (κ1) is 35.0. The quantitative estimate of drug-likeness (QED) is 0.166. The Labute approximate surface area is 356 Å². The molecule has 0 radical (unpaired) electrons. The van der Waals surface area contributed by atoms with Gasteiger partial charge >= 0.3 is 0 Å². The molecule has 10 aromatic carbocycles. The second-order valence-corrected chi connectivity index (χ2v) is 16.0. The fourth-order valence-corrected chi connectivity index (χ4v) is 10.4. The SMILES string of the molecule is c1ccc(-c2cccc(-c3ccccc3N(c3cccc4c3-c3ccccc3C43c4ccccc4N(c4ccccc4)c4ccccc43)c3cccc4ccccc34)c2)cc1. The number of fused-ring (bicyclic) bond motifs is 10. The first-order chi connectivity index (χ1) is 30.3. The fraction of sp³-hybridized carbons (Fsp3) is 0.0169. The van der Waals surface area contributed by atoms with E-state index in [0.717, 1.165) is 22.7 Å². The maximum Gasteiger partial charge on any atom is 0.0755 e. The van der Waals surface area contributed by atoms with E-state index in [0.29, 0.717) is 0 Å². The first-order valence-corrected chi connectivity index (χ1v) is 21.1. The Morgan fingerprint density at radius 1 is 0.328 bits per heavy atom. The molecule has 1 spiro atoms. The summed E-state index contributed by atoms with van der Waals surface area (Å²) in [4.78, 5) is 4.99. The zero-order valence-electron chi connectivity index (χ0n) is 33.5. The zero-order chi connectivity index (χ0) is 40.3. The molecule has 0 N–H and O–H groups in total. The van der Waals surface area contributed by atoms with Crippen LogP contribution in [0.2, 0.25) is 0 Å². The van der Waals surface area contributed by atoms with Gasteiger partial charge in [0.25, 0.3) is 0 Å². The molecule has 1 heterocycles. The summed E-state index contributed by atoms with van der Waals surface area (Å²) in [5.41, 5.74) is 18.7. The number of para-hydroxylation sites is 4. The third-order valence-corrected chi connectivity index (χ3v) is 12.8. The molecule has 0 fully saturated rings. The predicted octanol–water partition coefficient (Wildman–Crippen LogP) is 15.8. The summed E-state index contributed by atoms with van der Waals surface area (Å²) in [5, 5.41) is 2.40. The van der Waals surface area contributed by atoms with Crippen LogP contribution in [0.4, 0.5) is 34.1 Å². The molecule has 0 unspecified atom stereocenters. The molecule has 2 heteroatoms. The van der Waals surface area contributed by atoms with E-state index in [-0.39, 0.29) is 0 Å².